The molecule has 4 heterocycles. The number of hydrogen-bond acceptors (Lipinski definition) is 5. The van der Waals surface area contributed by atoms with E-state index in [0.717, 1.165) is 55.1 Å². The Bertz CT molecular complexity index is 1660. The summed E-state index contributed by atoms with van der Waals surface area (Å²) in [4.78, 5) is 17.3. The van der Waals surface area contributed by atoms with Crippen LogP contribution in [0.4, 0.5) is 5.82 Å². The molecule has 0 aliphatic heterocycles. The molecule has 0 saturated heterocycles. The van der Waals surface area contributed by atoms with Crippen molar-refractivity contribution in [2.24, 2.45) is 0 Å². The minimum atomic E-state index is -0.139. The number of anilines is 1. The van der Waals surface area contributed by atoms with E-state index in [2.05, 4.69) is 33.6 Å². The van der Waals surface area contributed by atoms with Gasteiger partial charge in [0.25, 0.3) is 5.91 Å². The maximum absolute atomic E-state index is 13.0. The van der Waals surface area contributed by atoms with Gasteiger partial charge in [-0.1, -0.05) is 12.1 Å². The molecule has 0 fully saturated rings. The zero-order chi connectivity index (χ0) is 23.4. The summed E-state index contributed by atoms with van der Waals surface area (Å²) < 4.78 is 8.06. The molecule has 0 spiro atoms. The van der Waals surface area contributed by atoms with Crippen LogP contribution >= 0.6 is 0 Å². The highest BCUT2D eigenvalue weighted by Crippen LogP contribution is 2.41. The molecule has 0 radical (unpaired) electrons. The van der Waals surface area contributed by atoms with Gasteiger partial charge in [0.05, 0.1) is 6.54 Å². The summed E-state index contributed by atoms with van der Waals surface area (Å²) in [5.41, 5.74) is 12.0. The van der Waals surface area contributed by atoms with E-state index < -0.39 is 0 Å². The SMILES string of the molecule is Cc1cc(N)nc(C)c1CNC(=O)c1ccc2c(c1)c1oc2c2ccc(Cn3cccn3)cc21. The van der Waals surface area contributed by atoms with Crippen LogP contribution in [0.5, 0.6) is 0 Å². The van der Waals surface area contributed by atoms with Crippen molar-refractivity contribution < 1.29 is 9.21 Å². The average molecular weight is 450 g/mol. The van der Waals surface area contributed by atoms with Crippen LogP contribution < -0.4 is 11.1 Å². The van der Waals surface area contributed by atoms with Gasteiger partial charge in [-0.25, -0.2) is 4.98 Å². The van der Waals surface area contributed by atoms with Crippen LogP contribution in [0.1, 0.15) is 32.7 Å². The van der Waals surface area contributed by atoms with Crippen molar-refractivity contribution in [2.75, 3.05) is 5.73 Å². The first-order chi connectivity index (χ1) is 16.5. The Morgan fingerprint density at radius 1 is 1.03 bits per heavy atom. The van der Waals surface area contributed by atoms with Gasteiger partial charge in [-0.15, -0.1) is 0 Å². The normalized spacial score (nSPS) is 11.7. The number of benzene rings is 3. The Labute approximate surface area is 195 Å². The van der Waals surface area contributed by atoms with Crippen LogP contribution in [0.3, 0.4) is 0 Å². The second-order valence-corrected chi connectivity index (χ2v) is 8.71. The van der Waals surface area contributed by atoms with Crippen molar-refractivity contribution in [1.82, 2.24) is 20.1 Å². The van der Waals surface area contributed by atoms with Gasteiger partial charge in [0, 0.05) is 51.7 Å². The summed E-state index contributed by atoms with van der Waals surface area (Å²) in [6, 6.07) is 15.8. The first kappa shape index (κ1) is 20.2. The maximum atomic E-state index is 13.0. The summed E-state index contributed by atoms with van der Waals surface area (Å²) in [6.07, 6.45) is 3.72. The first-order valence-corrected chi connectivity index (χ1v) is 11.2. The molecule has 4 aromatic heterocycles. The van der Waals surface area contributed by atoms with Crippen LogP contribution in [0.15, 0.2) is 65.3 Å². The Balaban J connectivity index is 1.32. The predicted octanol–water partition coefficient (Wildman–Crippen LogP) is 4.95. The fourth-order valence-corrected chi connectivity index (χ4v) is 4.77. The van der Waals surface area contributed by atoms with E-state index in [9.17, 15) is 4.79 Å². The number of aromatic nitrogens is 3. The third-order valence-electron chi connectivity index (χ3n) is 6.45. The molecule has 168 valence electrons. The molecule has 3 N–H and O–H groups in total. The highest BCUT2D eigenvalue weighted by Gasteiger charge is 2.19. The van der Waals surface area contributed by atoms with E-state index in [1.54, 1.807) is 6.20 Å². The molecule has 2 bridgehead atoms. The summed E-state index contributed by atoms with van der Waals surface area (Å²) >= 11 is 0. The number of pyridine rings is 1. The number of nitrogens with one attached hydrogen (secondary N) is 1. The van der Waals surface area contributed by atoms with Crippen molar-refractivity contribution in [1.29, 1.82) is 0 Å². The molecule has 0 saturated carbocycles. The number of furan rings is 2. The van der Waals surface area contributed by atoms with Gasteiger partial charge in [0.15, 0.2) is 0 Å². The van der Waals surface area contributed by atoms with Gasteiger partial charge in [-0.2, -0.15) is 5.10 Å². The molecule has 1 amide bonds. The van der Waals surface area contributed by atoms with Gasteiger partial charge in [0.1, 0.15) is 17.0 Å². The van der Waals surface area contributed by atoms with E-state index in [1.165, 1.54) is 0 Å². The van der Waals surface area contributed by atoms with Crippen molar-refractivity contribution in [3.63, 3.8) is 0 Å². The Morgan fingerprint density at radius 3 is 2.56 bits per heavy atom. The van der Waals surface area contributed by atoms with E-state index in [1.807, 2.05) is 55.1 Å². The van der Waals surface area contributed by atoms with Crippen LogP contribution in [-0.4, -0.2) is 20.7 Å². The largest absolute Gasteiger partial charge is 0.455 e. The monoisotopic (exact) mass is 449 g/mol. The highest BCUT2D eigenvalue weighted by atomic mass is 16.3. The summed E-state index contributed by atoms with van der Waals surface area (Å²) in [7, 11) is 0. The quantitative estimate of drug-likeness (QED) is 0.363. The van der Waals surface area contributed by atoms with Gasteiger partial charge >= 0.3 is 0 Å². The Hall–Kier alpha value is -4.39. The molecular weight excluding hydrogens is 426 g/mol. The van der Waals surface area contributed by atoms with Crippen molar-refractivity contribution in [3.05, 3.63) is 88.9 Å². The smallest absolute Gasteiger partial charge is 0.251 e. The van der Waals surface area contributed by atoms with Crippen LogP contribution in [0.2, 0.25) is 0 Å². The number of hydrogen-bond donors (Lipinski definition) is 2. The fraction of sp³-hybridized carbons (Fsp3) is 0.148. The number of rotatable bonds is 5. The number of fused-ring (bicyclic) bond motifs is 8. The van der Waals surface area contributed by atoms with Gasteiger partial charge in [-0.05, 0) is 66.9 Å². The number of nitrogens with two attached hydrogens (primary N) is 1. The molecule has 2 aromatic carbocycles. The average Bonchev–Trinajstić information content (AvgIpc) is 3.54. The number of nitrogens with zero attached hydrogens (tertiary/aromatic N) is 3. The van der Waals surface area contributed by atoms with E-state index in [0.29, 0.717) is 24.5 Å². The van der Waals surface area contributed by atoms with Crippen molar-refractivity contribution >= 4 is 44.4 Å². The highest BCUT2D eigenvalue weighted by molar-refractivity contribution is 6.25. The summed E-state index contributed by atoms with van der Waals surface area (Å²) in [6.45, 7) is 4.96. The topological polar surface area (TPSA) is 99.0 Å². The lowest BCUT2D eigenvalue weighted by Crippen LogP contribution is -2.24. The van der Waals surface area contributed by atoms with E-state index >= 15 is 0 Å². The third-order valence-corrected chi connectivity index (χ3v) is 6.45. The lowest BCUT2D eigenvalue weighted by atomic mass is 10.00. The number of nitrogen functional groups attached to an aromatic ring is 1. The number of aryl methyl sites for hydroxylation is 2. The van der Waals surface area contributed by atoms with Crippen LogP contribution in [0.25, 0.3) is 32.7 Å². The standard InChI is InChI=1S/C27H23N5O2/c1-15-10-24(28)31-16(2)23(15)13-29-27(33)18-5-7-20-22(12-18)26-21-11-17(14-32-9-3-8-30-32)4-6-19(21)25(20)34-26/h3-12H,13-14H2,1-2H3,(H2,28,31)(H,29,33). The number of carbonyl (C=O) groups excluding carboxylic acids is 1. The summed E-state index contributed by atoms with van der Waals surface area (Å²) in [5, 5.41) is 11.4. The molecule has 0 aliphatic rings. The second-order valence-electron chi connectivity index (χ2n) is 8.71. The minimum absolute atomic E-state index is 0.139. The molecule has 0 aliphatic carbocycles. The predicted molar refractivity (Wildman–Crippen MR) is 133 cm³/mol. The zero-order valence-corrected chi connectivity index (χ0v) is 18.9. The number of carbonyl (C=O) groups is 1. The van der Waals surface area contributed by atoms with Crippen LogP contribution in [0, 0.1) is 13.8 Å². The van der Waals surface area contributed by atoms with Crippen LogP contribution in [-0.2, 0) is 13.1 Å². The van der Waals surface area contributed by atoms with Crippen molar-refractivity contribution in [2.45, 2.75) is 26.9 Å². The Kier molecular flexibility index (Phi) is 4.52. The lowest BCUT2D eigenvalue weighted by molar-refractivity contribution is 0.0951. The zero-order valence-electron chi connectivity index (χ0n) is 18.9. The Morgan fingerprint density at radius 2 is 1.79 bits per heavy atom. The summed E-state index contributed by atoms with van der Waals surface area (Å²) in [5.74, 6) is 0.348. The molecule has 0 unspecified atom stereocenters. The third kappa shape index (κ3) is 3.25. The van der Waals surface area contributed by atoms with Gasteiger partial charge in [0.2, 0.25) is 0 Å². The molecule has 7 nitrogen and oxygen atoms in total. The molecule has 6 aromatic rings. The number of amides is 1. The van der Waals surface area contributed by atoms with Crippen molar-refractivity contribution in [3.8, 4) is 0 Å². The van der Waals surface area contributed by atoms with Gasteiger partial charge in [-0.3, -0.25) is 9.48 Å². The van der Waals surface area contributed by atoms with Gasteiger partial charge < -0.3 is 15.5 Å². The molecule has 34 heavy (non-hydrogen) atoms. The second kappa shape index (κ2) is 7.59. The lowest BCUT2D eigenvalue weighted by Gasteiger charge is -2.11. The fourth-order valence-electron chi connectivity index (χ4n) is 4.77. The molecule has 6 rings (SSSR count). The molecule has 7 heteroatoms. The minimum Gasteiger partial charge on any atom is -0.455 e. The van der Waals surface area contributed by atoms with E-state index in [-0.39, 0.29) is 5.91 Å². The molecular formula is C27H23N5O2. The molecule has 0 atom stereocenters. The maximum Gasteiger partial charge on any atom is 0.251 e. The van der Waals surface area contributed by atoms with E-state index in [4.69, 9.17) is 10.2 Å². The first-order valence-electron chi connectivity index (χ1n) is 11.2.